The molecule has 3 aromatic heterocycles. The van der Waals surface area contributed by atoms with E-state index < -0.39 is 0 Å². The molecule has 6 heteroatoms. The summed E-state index contributed by atoms with van der Waals surface area (Å²) >= 11 is 0. The Hall–Kier alpha value is -2.24. The van der Waals surface area contributed by atoms with Crippen LogP contribution in [0.15, 0.2) is 31.4 Å². The zero-order valence-corrected chi connectivity index (χ0v) is 10.2. The number of rotatable bonds is 4. The fourth-order valence-electron chi connectivity index (χ4n) is 1.93. The minimum Gasteiger partial charge on any atom is -0.315 e. The van der Waals surface area contributed by atoms with Crippen LogP contribution in [0.2, 0.25) is 0 Å². The first kappa shape index (κ1) is 10.9. The first-order valence-electron chi connectivity index (χ1n) is 6.04. The number of aryl methyl sites for hydroxylation is 1. The molecule has 3 heterocycles. The maximum absolute atomic E-state index is 4.42. The minimum atomic E-state index is 0.771. The second-order valence-corrected chi connectivity index (χ2v) is 4.13. The molecule has 0 radical (unpaired) electrons. The maximum atomic E-state index is 4.42. The molecule has 92 valence electrons. The molecule has 0 bridgehead atoms. The quantitative estimate of drug-likeness (QED) is 0.700. The molecule has 0 atom stereocenters. The zero-order valence-electron chi connectivity index (χ0n) is 10.2. The van der Waals surface area contributed by atoms with Crippen LogP contribution in [0.1, 0.15) is 19.8 Å². The Morgan fingerprint density at radius 1 is 1.17 bits per heavy atom. The monoisotopic (exact) mass is 242 g/mol. The predicted octanol–water partition coefficient (Wildman–Crippen LogP) is 1.81. The molecular weight excluding hydrogens is 228 g/mol. The molecule has 0 saturated heterocycles. The van der Waals surface area contributed by atoms with Crippen molar-refractivity contribution in [1.29, 1.82) is 0 Å². The highest BCUT2D eigenvalue weighted by Gasteiger charge is 2.10. The lowest BCUT2D eigenvalue weighted by Gasteiger charge is -2.03. The van der Waals surface area contributed by atoms with Gasteiger partial charge in [0.25, 0.3) is 0 Å². The number of fused-ring (bicyclic) bond motifs is 1. The molecule has 0 aliphatic rings. The fourth-order valence-corrected chi connectivity index (χ4v) is 1.93. The molecule has 0 N–H and O–H groups in total. The van der Waals surface area contributed by atoms with E-state index in [1.807, 2.05) is 17.1 Å². The summed E-state index contributed by atoms with van der Waals surface area (Å²) in [6, 6.07) is 0. The van der Waals surface area contributed by atoms with Crippen LogP contribution >= 0.6 is 0 Å². The van der Waals surface area contributed by atoms with Crippen molar-refractivity contribution in [3.05, 3.63) is 31.4 Å². The van der Waals surface area contributed by atoms with Gasteiger partial charge in [-0.15, -0.1) is 0 Å². The van der Waals surface area contributed by atoms with Crippen LogP contribution in [-0.2, 0) is 6.54 Å². The first-order chi connectivity index (χ1) is 8.90. The van der Waals surface area contributed by atoms with Crippen molar-refractivity contribution in [2.45, 2.75) is 26.3 Å². The predicted molar refractivity (Wildman–Crippen MR) is 67.4 cm³/mol. The molecule has 6 nitrogen and oxygen atoms in total. The van der Waals surface area contributed by atoms with Gasteiger partial charge < -0.3 is 4.57 Å². The molecule has 0 aliphatic carbocycles. The van der Waals surface area contributed by atoms with E-state index in [2.05, 4.69) is 31.4 Å². The smallest absolute Gasteiger partial charge is 0.169 e. The molecule has 0 aromatic carbocycles. The minimum absolute atomic E-state index is 0.771. The maximum Gasteiger partial charge on any atom is 0.169 e. The fraction of sp³-hybridized carbons (Fsp3) is 0.333. The molecule has 0 unspecified atom stereocenters. The van der Waals surface area contributed by atoms with Crippen LogP contribution in [0.25, 0.3) is 17.0 Å². The van der Waals surface area contributed by atoms with E-state index >= 15 is 0 Å². The third-order valence-electron chi connectivity index (χ3n) is 2.88. The van der Waals surface area contributed by atoms with E-state index in [1.165, 1.54) is 0 Å². The van der Waals surface area contributed by atoms with Crippen LogP contribution < -0.4 is 0 Å². The van der Waals surface area contributed by atoms with Gasteiger partial charge in [0.15, 0.2) is 17.0 Å². The van der Waals surface area contributed by atoms with Gasteiger partial charge in [0, 0.05) is 18.9 Å². The molecule has 3 aromatic rings. The van der Waals surface area contributed by atoms with Gasteiger partial charge in [-0.05, 0) is 6.42 Å². The van der Waals surface area contributed by atoms with Gasteiger partial charge in [-0.1, -0.05) is 13.3 Å². The van der Waals surface area contributed by atoms with Gasteiger partial charge in [0.05, 0.1) is 6.33 Å². The Kier molecular flexibility index (Phi) is 2.76. The van der Waals surface area contributed by atoms with E-state index in [-0.39, 0.29) is 0 Å². The van der Waals surface area contributed by atoms with Gasteiger partial charge in [0.1, 0.15) is 12.7 Å². The summed E-state index contributed by atoms with van der Waals surface area (Å²) in [5.41, 5.74) is 1.69. The van der Waals surface area contributed by atoms with Crippen LogP contribution in [0.3, 0.4) is 0 Å². The summed E-state index contributed by atoms with van der Waals surface area (Å²) in [5.74, 6) is 0.771. The highest BCUT2D eigenvalue weighted by Crippen LogP contribution is 2.16. The number of hydrogen-bond acceptors (Lipinski definition) is 4. The summed E-state index contributed by atoms with van der Waals surface area (Å²) in [6.07, 6.45) is 11.0. The van der Waals surface area contributed by atoms with E-state index in [1.54, 1.807) is 18.9 Å². The van der Waals surface area contributed by atoms with Crippen molar-refractivity contribution in [1.82, 2.24) is 29.1 Å². The summed E-state index contributed by atoms with van der Waals surface area (Å²) < 4.78 is 3.92. The van der Waals surface area contributed by atoms with Gasteiger partial charge in [-0.25, -0.2) is 19.9 Å². The first-order valence-corrected chi connectivity index (χ1v) is 6.04. The largest absolute Gasteiger partial charge is 0.315 e. The standard InChI is InChI=1S/C12H14N6/c1-2-3-5-17-9-16-10-11(17)14-7-15-12(10)18-6-4-13-8-18/h4,6-9H,2-3,5H2,1H3. The number of unbranched alkanes of at least 4 members (excludes halogenated alkanes) is 1. The van der Waals surface area contributed by atoms with Crippen LogP contribution in [0.5, 0.6) is 0 Å². The Morgan fingerprint density at radius 2 is 2.11 bits per heavy atom. The SMILES string of the molecule is CCCCn1cnc2c(-n3ccnc3)ncnc21. The van der Waals surface area contributed by atoms with Crippen molar-refractivity contribution in [2.75, 3.05) is 0 Å². The van der Waals surface area contributed by atoms with Crippen molar-refractivity contribution in [3.63, 3.8) is 0 Å². The van der Waals surface area contributed by atoms with E-state index in [4.69, 9.17) is 0 Å². The molecular formula is C12H14N6. The number of aromatic nitrogens is 6. The molecule has 18 heavy (non-hydrogen) atoms. The van der Waals surface area contributed by atoms with Gasteiger partial charge >= 0.3 is 0 Å². The second-order valence-electron chi connectivity index (χ2n) is 4.13. The van der Waals surface area contributed by atoms with Crippen LogP contribution in [0, 0.1) is 0 Å². The van der Waals surface area contributed by atoms with Crippen LogP contribution in [-0.4, -0.2) is 29.1 Å². The zero-order chi connectivity index (χ0) is 12.4. The third-order valence-corrected chi connectivity index (χ3v) is 2.88. The number of nitrogens with zero attached hydrogens (tertiary/aromatic N) is 6. The lowest BCUT2D eigenvalue weighted by molar-refractivity contribution is 0.641. The molecule has 0 saturated carbocycles. The van der Waals surface area contributed by atoms with Crippen molar-refractivity contribution < 1.29 is 0 Å². The average molecular weight is 242 g/mol. The Balaban J connectivity index is 2.10. The molecule has 3 rings (SSSR count). The number of imidazole rings is 2. The van der Waals surface area contributed by atoms with Gasteiger partial charge in [-0.3, -0.25) is 4.57 Å². The Labute approximate surface area is 104 Å². The summed E-state index contributed by atoms with van der Waals surface area (Å²) in [6.45, 7) is 3.11. The number of hydrogen-bond donors (Lipinski definition) is 0. The third kappa shape index (κ3) is 1.75. The van der Waals surface area contributed by atoms with Gasteiger partial charge in [0.2, 0.25) is 0 Å². The topological polar surface area (TPSA) is 61.4 Å². The summed E-state index contributed by atoms with van der Waals surface area (Å²) in [7, 11) is 0. The lowest BCUT2D eigenvalue weighted by atomic mass is 10.3. The summed E-state index contributed by atoms with van der Waals surface area (Å²) in [4.78, 5) is 17.0. The molecule has 0 amide bonds. The van der Waals surface area contributed by atoms with Gasteiger partial charge in [-0.2, -0.15) is 0 Å². The normalized spacial score (nSPS) is 11.2. The average Bonchev–Trinajstić information content (AvgIpc) is 3.05. The van der Waals surface area contributed by atoms with E-state index in [0.717, 1.165) is 36.4 Å². The van der Waals surface area contributed by atoms with Crippen molar-refractivity contribution >= 4 is 11.2 Å². The van der Waals surface area contributed by atoms with E-state index in [0.29, 0.717) is 0 Å². The molecule has 0 spiro atoms. The highest BCUT2D eigenvalue weighted by molar-refractivity contribution is 5.78. The molecule has 0 fully saturated rings. The van der Waals surface area contributed by atoms with Crippen molar-refractivity contribution in [3.8, 4) is 5.82 Å². The summed E-state index contributed by atoms with van der Waals surface area (Å²) in [5, 5.41) is 0. The highest BCUT2D eigenvalue weighted by atomic mass is 15.2. The molecule has 0 aliphatic heterocycles. The Morgan fingerprint density at radius 3 is 2.89 bits per heavy atom. The van der Waals surface area contributed by atoms with Crippen molar-refractivity contribution in [2.24, 2.45) is 0 Å². The lowest BCUT2D eigenvalue weighted by Crippen LogP contribution is -2.00. The van der Waals surface area contributed by atoms with E-state index in [9.17, 15) is 0 Å². The second kappa shape index (κ2) is 4.56. The van der Waals surface area contributed by atoms with Crippen LogP contribution in [0.4, 0.5) is 0 Å². The Bertz CT molecular complexity index is 640.